The molecule has 0 spiro atoms. The molecule has 0 unspecified atom stereocenters. The second-order valence-electron chi connectivity index (χ2n) is 4.59. The van der Waals surface area contributed by atoms with Crippen LogP contribution in [0.1, 0.15) is 32.6 Å². The summed E-state index contributed by atoms with van der Waals surface area (Å²) in [5.74, 6) is 2.37. The molecule has 2 N–H and O–H groups in total. The molecule has 0 atom stereocenters. The molecule has 3 heteroatoms. The Balaban J connectivity index is 1.86. The van der Waals surface area contributed by atoms with Gasteiger partial charge in [-0.1, -0.05) is 19.8 Å². The van der Waals surface area contributed by atoms with Gasteiger partial charge in [0.25, 0.3) is 0 Å². The Morgan fingerprint density at radius 2 is 2.14 bits per heavy atom. The Morgan fingerprint density at radius 1 is 1.43 bits per heavy atom. The molecule has 0 amide bonds. The predicted octanol–water partition coefficient (Wildman–Crippen LogP) is 2.29. The van der Waals surface area contributed by atoms with Crippen molar-refractivity contribution in [1.82, 2.24) is 9.78 Å². The van der Waals surface area contributed by atoms with Gasteiger partial charge in [0.1, 0.15) is 5.82 Å². The zero-order chi connectivity index (χ0) is 9.97. The van der Waals surface area contributed by atoms with Gasteiger partial charge >= 0.3 is 0 Å². The highest BCUT2D eigenvalue weighted by molar-refractivity contribution is 5.23. The summed E-state index contributed by atoms with van der Waals surface area (Å²) >= 11 is 0. The molecule has 0 radical (unpaired) electrons. The maximum atomic E-state index is 5.57. The summed E-state index contributed by atoms with van der Waals surface area (Å²) < 4.78 is 1.98. The van der Waals surface area contributed by atoms with Gasteiger partial charge in [-0.2, -0.15) is 5.10 Å². The molecule has 1 aliphatic carbocycles. The third-order valence-electron chi connectivity index (χ3n) is 3.24. The molecule has 78 valence electrons. The average molecular weight is 193 g/mol. The Kier molecular flexibility index (Phi) is 2.75. The molecule has 0 saturated heterocycles. The lowest BCUT2D eigenvalue weighted by Gasteiger charge is -2.25. The van der Waals surface area contributed by atoms with Crippen molar-refractivity contribution in [2.24, 2.45) is 11.8 Å². The third-order valence-corrected chi connectivity index (χ3v) is 3.24. The fraction of sp³-hybridized carbons (Fsp3) is 0.727. The van der Waals surface area contributed by atoms with Gasteiger partial charge in [0.15, 0.2) is 0 Å². The molecule has 0 aromatic carbocycles. The minimum Gasteiger partial charge on any atom is -0.382 e. The summed E-state index contributed by atoms with van der Waals surface area (Å²) in [5, 5.41) is 4.22. The van der Waals surface area contributed by atoms with Crippen LogP contribution in [-0.4, -0.2) is 9.78 Å². The predicted molar refractivity (Wildman–Crippen MR) is 57.8 cm³/mol. The zero-order valence-corrected chi connectivity index (χ0v) is 8.82. The quantitative estimate of drug-likeness (QED) is 0.783. The molecular weight excluding hydrogens is 174 g/mol. The number of aromatic nitrogens is 2. The van der Waals surface area contributed by atoms with Crippen molar-refractivity contribution >= 4 is 5.82 Å². The van der Waals surface area contributed by atoms with E-state index in [2.05, 4.69) is 12.0 Å². The molecule has 14 heavy (non-hydrogen) atoms. The average Bonchev–Trinajstić information content (AvgIpc) is 2.56. The summed E-state index contributed by atoms with van der Waals surface area (Å²) in [6.45, 7) is 3.39. The third kappa shape index (κ3) is 2.28. The molecule has 1 aliphatic rings. The Morgan fingerprint density at radius 3 is 2.71 bits per heavy atom. The number of hydrogen-bond donors (Lipinski definition) is 1. The number of nitrogen functional groups attached to an aromatic ring is 1. The van der Waals surface area contributed by atoms with E-state index in [-0.39, 0.29) is 0 Å². The van der Waals surface area contributed by atoms with Crippen molar-refractivity contribution in [2.45, 2.75) is 39.2 Å². The van der Waals surface area contributed by atoms with Crippen LogP contribution < -0.4 is 5.73 Å². The first-order valence-electron chi connectivity index (χ1n) is 5.53. The smallest absolute Gasteiger partial charge is 0.145 e. The molecule has 1 heterocycles. The SMILES string of the molecule is C[C@H]1CC[C@H](Cn2ccc(N)n2)CC1. The summed E-state index contributed by atoms with van der Waals surface area (Å²) in [7, 11) is 0. The lowest BCUT2D eigenvalue weighted by atomic mass is 9.83. The lowest BCUT2D eigenvalue weighted by molar-refractivity contribution is 0.258. The Bertz CT molecular complexity index is 284. The highest BCUT2D eigenvalue weighted by atomic mass is 15.3. The molecule has 1 saturated carbocycles. The van der Waals surface area contributed by atoms with Crippen LogP contribution in [-0.2, 0) is 6.54 Å². The monoisotopic (exact) mass is 193 g/mol. The number of rotatable bonds is 2. The van der Waals surface area contributed by atoms with E-state index in [9.17, 15) is 0 Å². The zero-order valence-electron chi connectivity index (χ0n) is 8.82. The van der Waals surface area contributed by atoms with Gasteiger partial charge in [-0.15, -0.1) is 0 Å². The van der Waals surface area contributed by atoms with Crippen molar-refractivity contribution in [3.8, 4) is 0 Å². The molecule has 1 aromatic heterocycles. The van der Waals surface area contributed by atoms with Crippen molar-refractivity contribution in [3.05, 3.63) is 12.3 Å². The Hall–Kier alpha value is -0.990. The van der Waals surface area contributed by atoms with Crippen LogP contribution in [0.5, 0.6) is 0 Å². The van der Waals surface area contributed by atoms with Gasteiger partial charge in [0.05, 0.1) is 0 Å². The van der Waals surface area contributed by atoms with Crippen LogP contribution in [0.2, 0.25) is 0 Å². The summed E-state index contributed by atoms with van der Waals surface area (Å²) in [6, 6.07) is 1.87. The summed E-state index contributed by atoms with van der Waals surface area (Å²) in [6.07, 6.45) is 7.43. The van der Waals surface area contributed by atoms with Gasteiger partial charge in [-0.3, -0.25) is 4.68 Å². The van der Waals surface area contributed by atoms with Crippen LogP contribution in [0.3, 0.4) is 0 Å². The number of nitrogens with two attached hydrogens (primary N) is 1. The van der Waals surface area contributed by atoms with Crippen molar-refractivity contribution in [2.75, 3.05) is 5.73 Å². The van der Waals surface area contributed by atoms with Crippen LogP contribution >= 0.6 is 0 Å². The topological polar surface area (TPSA) is 43.8 Å². The molecule has 0 bridgehead atoms. The van der Waals surface area contributed by atoms with Gasteiger partial charge in [-0.25, -0.2) is 0 Å². The highest BCUT2D eigenvalue weighted by Crippen LogP contribution is 2.29. The molecular formula is C11H19N3. The number of nitrogens with zero attached hydrogens (tertiary/aromatic N) is 2. The minimum atomic E-state index is 0.633. The van der Waals surface area contributed by atoms with E-state index in [4.69, 9.17) is 5.73 Å². The van der Waals surface area contributed by atoms with E-state index in [0.717, 1.165) is 18.4 Å². The summed E-state index contributed by atoms with van der Waals surface area (Å²) in [4.78, 5) is 0. The fourth-order valence-corrected chi connectivity index (χ4v) is 2.26. The number of anilines is 1. The van der Waals surface area contributed by atoms with E-state index in [1.807, 2.05) is 16.9 Å². The lowest BCUT2D eigenvalue weighted by Crippen LogP contribution is -2.18. The molecule has 1 aromatic rings. The first-order valence-corrected chi connectivity index (χ1v) is 5.53. The van der Waals surface area contributed by atoms with E-state index >= 15 is 0 Å². The van der Waals surface area contributed by atoms with Crippen molar-refractivity contribution in [3.63, 3.8) is 0 Å². The van der Waals surface area contributed by atoms with E-state index in [0.29, 0.717) is 5.82 Å². The molecule has 2 rings (SSSR count). The Labute approximate surface area is 85.3 Å². The maximum Gasteiger partial charge on any atom is 0.145 e. The fourth-order valence-electron chi connectivity index (χ4n) is 2.26. The van der Waals surface area contributed by atoms with Crippen molar-refractivity contribution < 1.29 is 0 Å². The minimum absolute atomic E-state index is 0.633. The number of hydrogen-bond acceptors (Lipinski definition) is 2. The van der Waals surface area contributed by atoms with E-state index in [1.54, 1.807) is 0 Å². The maximum absolute atomic E-state index is 5.57. The second kappa shape index (κ2) is 4.03. The molecule has 3 nitrogen and oxygen atoms in total. The van der Waals surface area contributed by atoms with Crippen molar-refractivity contribution in [1.29, 1.82) is 0 Å². The van der Waals surface area contributed by atoms with Crippen LogP contribution in [0.25, 0.3) is 0 Å². The molecule has 0 aliphatic heterocycles. The summed E-state index contributed by atoms with van der Waals surface area (Å²) in [5.41, 5.74) is 5.57. The van der Waals surface area contributed by atoms with Crippen LogP contribution in [0.15, 0.2) is 12.3 Å². The van der Waals surface area contributed by atoms with E-state index in [1.165, 1.54) is 25.7 Å². The standard InChI is InChI=1S/C11H19N3/c1-9-2-4-10(5-3-9)8-14-7-6-11(12)13-14/h6-7,9-10H,2-5,8H2,1H3,(H2,12,13)/t9-,10-. The van der Waals surface area contributed by atoms with Crippen LogP contribution in [0, 0.1) is 11.8 Å². The second-order valence-corrected chi connectivity index (χ2v) is 4.59. The first kappa shape index (κ1) is 9.56. The first-order chi connectivity index (χ1) is 6.74. The van der Waals surface area contributed by atoms with E-state index < -0.39 is 0 Å². The molecule has 1 fully saturated rings. The highest BCUT2D eigenvalue weighted by Gasteiger charge is 2.18. The normalized spacial score (nSPS) is 27.8. The van der Waals surface area contributed by atoms with Gasteiger partial charge in [0, 0.05) is 12.7 Å². The van der Waals surface area contributed by atoms with Gasteiger partial charge in [-0.05, 0) is 30.7 Å². The van der Waals surface area contributed by atoms with Gasteiger partial charge < -0.3 is 5.73 Å². The largest absolute Gasteiger partial charge is 0.382 e. The van der Waals surface area contributed by atoms with Gasteiger partial charge in [0.2, 0.25) is 0 Å². The van der Waals surface area contributed by atoms with Crippen LogP contribution in [0.4, 0.5) is 5.82 Å².